The van der Waals surface area contributed by atoms with E-state index < -0.39 is 5.97 Å². The monoisotopic (exact) mass is 322 g/mol. The fourth-order valence-electron chi connectivity index (χ4n) is 2.29. The molecule has 0 aliphatic rings. The van der Waals surface area contributed by atoms with E-state index in [0.29, 0.717) is 32.5 Å². The van der Waals surface area contributed by atoms with Crippen molar-refractivity contribution in [1.29, 1.82) is 0 Å². The number of aliphatic carboxylic acids is 1. The summed E-state index contributed by atoms with van der Waals surface area (Å²) in [4.78, 5) is 24.8. The summed E-state index contributed by atoms with van der Waals surface area (Å²) >= 11 is 0. The molecule has 6 heteroatoms. The van der Waals surface area contributed by atoms with E-state index in [9.17, 15) is 9.59 Å². The van der Waals surface area contributed by atoms with Crippen molar-refractivity contribution in [3.63, 3.8) is 0 Å². The van der Waals surface area contributed by atoms with E-state index in [1.807, 2.05) is 37.3 Å². The van der Waals surface area contributed by atoms with Crippen LogP contribution in [0.25, 0.3) is 0 Å². The van der Waals surface area contributed by atoms with Crippen LogP contribution in [0.3, 0.4) is 0 Å². The number of methoxy groups -OCH3 is 1. The van der Waals surface area contributed by atoms with Crippen molar-refractivity contribution in [3.05, 3.63) is 35.9 Å². The van der Waals surface area contributed by atoms with Gasteiger partial charge in [0.2, 0.25) is 0 Å². The lowest BCUT2D eigenvalue weighted by Gasteiger charge is -2.25. The predicted molar refractivity (Wildman–Crippen MR) is 88.5 cm³/mol. The molecule has 0 fully saturated rings. The van der Waals surface area contributed by atoms with E-state index in [1.54, 1.807) is 12.0 Å². The summed E-state index contributed by atoms with van der Waals surface area (Å²) in [7, 11) is 1.59. The molecule has 2 N–H and O–H groups in total. The largest absolute Gasteiger partial charge is 0.481 e. The van der Waals surface area contributed by atoms with Gasteiger partial charge in [-0.3, -0.25) is 4.79 Å². The lowest BCUT2D eigenvalue weighted by atomic mass is 10.0. The molecule has 0 heterocycles. The summed E-state index contributed by atoms with van der Waals surface area (Å²) in [5.41, 5.74) is 1.07. The molecule has 1 aromatic carbocycles. The van der Waals surface area contributed by atoms with Crippen LogP contribution in [-0.2, 0) is 16.0 Å². The number of ether oxygens (including phenoxy) is 1. The minimum Gasteiger partial charge on any atom is -0.481 e. The van der Waals surface area contributed by atoms with E-state index in [2.05, 4.69) is 5.32 Å². The third-order valence-corrected chi connectivity index (χ3v) is 3.59. The third-order valence-electron chi connectivity index (χ3n) is 3.59. The fourth-order valence-corrected chi connectivity index (χ4v) is 2.29. The fraction of sp³-hybridized carbons (Fsp3) is 0.529. The molecule has 0 saturated carbocycles. The molecule has 1 rings (SSSR count). The predicted octanol–water partition coefficient (Wildman–Crippen LogP) is 2.14. The van der Waals surface area contributed by atoms with Gasteiger partial charge in [0.15, 0.2) is 0 Å². The minimum absolute atomic E-state index is 0.0297. The summed E-state index contributed by atoms with van der Waals surface area (Å²) in [5, 5.41) is 11.8. The Bertz CT molecular complexity index is 479. The molecule has 2 amide bonds. The Hall–Kier alpha value is -2.08. The van der Waals surface area contributed by atoms with Crippen molar-refractivity contribution >= 4 is 12.0 Å². The molecular weight excluding hydrogens is 296 g/mol. The molecule has 6 nitrogen and oxygen atoms in total. The van der Waals surface area contributed by atoms with Crippen LogP contribution in [0, 0.1) is 0 Å². The number of carboxylic acids is 1. The van der Waals surface area contributed by atoms with Crippen molar-refractivity contribution < 1.29 is 19.4 Å². The molecule has 1 unspecified atom stereocenters. The van der Waals surface area contributed by atoms with Crippen molar-refractivity contribution in [2.75, 3.05) is 26.8 Å². The first-order valence-corrected chi connectivity index (χ1v) is 7.86. The molecular formula is C17H26N2O4. The first-order chi connectivity index (χ1) is 11.1. The van der Waals surface area contributed by atoms with Crippen molar-refractivity contribution in [2.24, 2.45) is 0 Å². The molecule has 0 aliphatic heterocycles. The zero-order valence-electron chi connectivity index (χ0n) is 13.8. The molecule has 0 bridgehead atoms. The number of amides is 2. The zero-order chi connectivity index (χ0) is 17.1. The second-order valence-corrected chi connectivity index (χ2v) is 5.34. The highest BCUT2D eigenvalue weighted by Gasteiger charge is 2.18. The van der Waals surface area contributed by atoms with Gasteiger partial charge in [0, 0.05) is 32.7 Å². The van der Waals surface area contributed by atoms with Gasteiger partial charge in [-0.25, -0.2) is 4.79 Å². The van der Waals surface area contributed by atoms with Gasteiger partial charge in [0.25, 0.3) is 0 Å². The highest BCUT2D eigenvalue weighted by molar-refractivity contribution is 5.74. The number of carbonyl (C=O) groups excluding carboxylic acids is 1. The van der Waals surface area contributed by atoms with Gasteiger partial charge in [-0.2, -0.15) is 0 Å². The SMILES string of the molecule is CCN(CCOC)C(=O)NC(CCC(=O)O)Cc1ccccc1. The van der Waals surface area contributed by atoms with Gasteiger partial charge >= 0.3 is 12.0 Å². The Labute approximate surface area is 137 Å². The summed E-state index contributed by atoms with van der Waals surface area (Å²) < 4.78 is 5.00. The summed E-state index contributed by atoms with van der Waals surface area (Å²) in [6.45, 7) is 3.46. The van der Waals surface area contributed by atoms with E-state index in [1.165, 1.54) is 0 Å². The van der Waals surface area contributed by atoms with Crippen molar-refractivity contribution in [3.8, 4) is 0 Å². The Kier molecular flexibility index (Phi) is 8.75. The van der Waals surface area contributed by atoms with Crippen molar-refractivity contribution in [2.45, 2.75) is 32.2 Å². The van der Waals surface area contributed by atoms with Gasteiger partial charge in [-0.15, -0.1) is 0 Å². The molecule has 0 saturated heterocycles. The van der Waals surface area contributed by atoms with Gasteiger partial charge in [0.05, 0.1) is 6.61 Å². The van der Waals surface area contributed by atoms with E-state index in [0.717, 1.165) is 5.56 Å². The third kappa shape index (κ3) is 7.65. The number of likely N-dealkylation sites (N-methyl/N-ethyl adjacent to an activating group) is 1. The van der Waals surface area contributed by atoms with Crippen molar-refractivity contribution in [1.82, 2.24) is 10.2 Å². The average molecular weight is 322 g/mol. The van der Waals surface area contributed by atoms with Crippen LogP contribution in [0.15, 0.2) is 30.3 Å². The van der Waals surface area contributed by atoms with Crippen LogP contribution < -0.4 is 5.32 Å². The quantitative estimate of drug-likeness (QED) is 0.692. The second kappa shape index (κ2) is 10.6. The number of nitrogens with one attached hydrogen (secondary N) is 1. The number of rotatable bonds is 10. The lowest BCUT2D eigenvalue weighted by molar-refractivity contribution is -0.137. The number of urea groups is 1. The topological polar surface area (TPSA) is 78.9 Å². The molecule has 0 aromatic heterocycles. The van der Waals surface area contributed by atoms with Gasteiger partial charge in [-0.05, 0) is 25.3 Å². The van der Waals surface area contributed by atoms with Crippen LogP contribution in [0.4, 0.5) is 4.79 Å². The Morgan fingerprint density at radius 2 is 2.00 bits per heavy atom. The maximum atomic E-state index is 12.3. The minimum atomic E-state index is -0.857. The van der Waals surface area contributed by atoms with Gasteiger partial charge in [-0.1, -0.05) is 30.3 Å². The van der Waals surface area contributed by atoms with Crippen LogP contribution in [0.1, 0.15) is 25.3 Å². The van der Waals surface area contributed by atoms with E-state index >= 15 is 0 Å². The Balaban J connectivity index is 2.66. The normalized spacial score (nSPS) is 11.7. The average Bonchev–Trinajstić information content (AvgIpc) is 2.54. The first kappa shape index (κ1) is 19.0. The molecule has 0 radical (unpaired) electrons. The van der Waals surface area contributed by atoms with Crippen LogP contribution >= 0.6 is 0 Å². The highest BCUT2D eigenvalue weighted by atomic mass is 16.5. The maximum absolute atomic E-state index is 12.3. The van der Waals surface area contributed by atoms with Crippen LogP contribution in [0.5, 0.6) is 0 Å². The van der Waals surface area contributed by atoms with Gasteiger partial charge < -0.3 is 20.1 Å². The summed E-state index contributed by atoms with van der Waals surface area (Å²) in [6.07, 6.45) is 1.04. The number of nitrogens with zero attached hydrogens (tertiary/aromatic N) is 1. The molecule has 0 spiro atoms. The highest BCUT2D eigenvalue weighted by Crippen LogP contribution is 2.08. The number of benzene rings is 1. The second-order valence-electron chi connectivity index (χ2n) is 5.34. The molecule has 0 aliphatic carbocycles. The standard InChI is InChI=1S/C17H26N2O4/c1-3-19(11-12-23-2)17(22)18-15(9-10-16(20)21)13-14-7-5-4-6-8-14/h4-8,15H,3,9-13H2,1-2H3,(H,18,22)(H,20,21). The molecule has 128 valence electrons. The number of carboxylic acid groups (broad SMARTS) is 1. The lowest BCUT2D eigenvalue weighted by Crippen LogP contribution is -2.46. The Morgan fingerprint density at radius 3 is 2.57 bits per heavy atom. The summed E-state index contributed by atoms with van der Waals surface area (Å²) in [6, 6.07) is 9.35. The van der Waals surface area contributed by atoms with Crippen LogP contribution in [0.2, 0.25) is 0 Å². The number of hydrogen-bond donors (Lipinski definition) is 2. The number of carbonyl (C=O) groups is 2. The first-order valence-electron chi connectivity index (χ1n) is 7.86. The summed E-state index contributed by atoms with van der Waals surface area (Å²) in [5.74, 6) is -0.857. The van der Waals surface area contributed by atoms with Crippen LogP contribution in [-0.4, -0.2) is 54.9 Å². The maximum Gasteiger partial charge on any atom is 0.317 e. The zero-order valence-corrected chi connectivity index (χ0v) is 13.8. The van der Waals surface area contributed by atoms with E-state index in [-0.39, 0.29) is 18.5 Å². The van der Waals surface area contributed by atoms with Gasteiger partial charge in [0.1, 0.15) is 0 Å². The molecule has 1 aromatic rings. The smallest absolute Gasteiger partial charge is 0.317 e. The Morgan fingerprint density at radius 1 is 1.30 bits per heavy atom. The molecule has 23 heavy (non-hydrogen) atoms. The number of hydrogen-bond acceptors (Lipinski definition) is 3. The molecule has 1 atom stereocenters. The van der Waals surface area contributed by atoms with E-state index in [4.69, 9.17) is 9.84 Å².